The third-order valence-electron chi connectivity index (χ3n) is 1.96. The fourth-order valence-corrected chi connectivity index (χ4v) is 1.22. The maximum atomic E-state index is 12.3. The Morgan fingerprint density at radius 1 is 1.15 bits per heavy atom. The molecule has 1 nitrogen and oxygen atoms in total. The van der Waals surface area contributed by atoms with Gasteiger partial charge in [0, 0.05) is 0 Å². The Balaban J connectivity index is 3.18. The summed E-state index contributed by atoms with van der Waals surface area (Å²) in [5.41, 5.74) is 0.281. The second kappa shape index (κ2) is 3.73. The number of hydrogen-bond donors (Lipinski definition) is 1. The van der Waals surface area contributed by atoms with Crippen molar-refractivity contribution in [2.24, 2.45) is 0 Å². The lowest BCUT2D eigenvalue weighted by Gasteiger charge is -2.11. The third-order valence-corrected chi connectivity index (χ3v) is 1.96. The molecule has 0 spiro atoms. The van der Waals surface area contributed by atoms with Gasteiger partial charge in [-0.15, -0.1) is 0 Å². The van der Waals surface area contributed by atoms with Gasteiger partial charge >= 0.3 is 0 Å². The monoisotopic (exact) mass is 186 g/mol. The van der Waals surface area contributed by atoms with Crippen LogP contribution < -0.4 is 0 Å². The molecule has 1 N–H and O–H groups in total. The van der Waals surface area contributed by atoms with Gasteiger partial charge in [0.05, 0.1) is 5.56 Å². The minimum absolute atomic E-state index is 0.0544. The Kier molecular flexibility index (Phi) is 2.86. The smallest absolute Gasteiger partial charge is 0.267 e. The molecule has 3 heteroatoms. The van der Waals surface area contributed by atoms with Crippen molar-refractivity contribution in [2.75, 3.05) is 0 Å². The van der Waals surface area contributed by atoms with Crippen LogP contribution in [0.5, 0.6) is 5.75 Å². The summed E-state index contributed by atoms with van der Waals surface area (Å²) < 4.78 is 24.6. The standard InChI is InChI=1S/C10H12F2O/c1-6(2)7-4-3-5-8(9(7)13)10(11)12/h3-6,10,13H,1-2H3. The number of aromatic hydroxyl groups is 1. The van der Waals surface area contributed by atoms with Crippen LogP contribution in [0.15, 0.2) is 18.2 Å². The molecule has 0 aliphatic heterocycles. The summed E-state index contributed by atoms with van der Waals surface area (Å²) in [5, 5.41) is 9.45. The summed E-state index contributed by atoms with van der Waals surface area (Å²) in [6, 6.07) is 4.44. The van der Waals surface area contributed by atoms with Gasteiger partial charge in [0.15, 0.2) is 0 Å². The topological polar surface area (TPSA) is 20.2 Å². The predicted molar refractivity (Wildman–Crippen MR) is 47.2 cm³/mol. The number of benzene rings is 1. The molecule has 0 heterocycles. The van der Waals surface area contributed by atoms with E-state index in [-0.39, 0.29) is 17.2 Å². The Morgan fingerprint density at radius 2 is 1.69 bits per heavy atom. The molecule has 1 aromatic carbocycles. The number of halogens is 2. The van der Waals surface area contributed by atoms with E-state index in [0.29, 0.717) is 5.56 Å². The van der Waals surface area contributed by atoms with Crippen LogP contribution in [0.1, 0.15) is 37.3 Å². The van der Waals surface area contributed by atoms with Crippen molar-refractivity contribution in [1.82, 2.24) is 0 Å². The second-order valence-electron chi connectivity index (χ2n) is 3.24. The van der Waals surface area contributed by atoms with Crippen LogP contribution in [0, 0.1) is 0 Å². The van der Waals surface area contributed by atoms with Gasteiger partial charge in [-0.1, -0.05) is 26.0 Å². The molecule has 0 unspecified atom stereocenters. The minimum atomic E-state index is -2.61. The van der Waals surface area contributed by atoms with Gasteiger partial charge in [-0.25, -0.2) is 8.78 Å². The molecule has 0 saturated heterocycles. The van der Waals surface area contributed by atoms with Crippen LogP contribution in [0.4, 0.5) is 8.78 Å². The van der Waals surface area contributed by atoms with E-state index in [1.165, 1.54) is 12.1 Å². The number of rotatable bonds is 2. The second-order valence-corrected chi connectivity index (χ2v) is 3.24. The zero-order valence-corrected chi connectivity index (χ0v) is 7.59. The molecule has 0 amide bonds. The zero-order valence-electron chi connectivity index (χ0n) is 7.59. The Labute approximate surface area is 76.0 Å². The summed E-state index contributed by atoms with van der Waals surface area (Å²) >= 11 is 0. The zero-order chi connectivity index (χ0) is 10.0. The molecule has 1 rings (SSSR count). The lowest BCUT2D eigenvalue weighted by Crippen LogP contribution is -1.93. The summed E-state index contributed by atoms with van der Waals surface area (Å²) in [7, 11) is 0. The van der Waals surface area contributed by atoms with E-state index in [4.69, 9.17) is 0 Å². The third kappa shape index (κ3) is 1.97. The number of phenolic OH excluding ortho intramolecular Hbond substituents is 1. The van der Waals surface area contributed by atoms with Crippen LogP contribution in [0.25, 0.3) is 0 Å². The normalized spacial score (nSPS) is 11.2. The van der Waals surface area contributed by atoms with Crippen molar-refractivity contribution in [3.63, 3.8) is 0 Å². The SMILES string of the molecule is CC(C)c1cccc(C(F)F)c1O. The van der Waals surface area contributed by atoms with Crippen molar-refractivity contribution < 1.29 is 13.9 Å². The lowest BCUT2D eigenvalue weighted by molar-refractivity contribution is 0.147. The van der Waals surface area contributed by atoms with E-state index in [1.807, 2.05) is 13.8 Å². The summed E-state index contributed by atoms with van der Waals surface area (Å²) in [5.74, 6) is -0.216. The summed E-state index contributed by atoms with van der Waals surface area (Å²) in [6.07, 6.45) is -2.61. The van der Waals surface area contributed by atoms with E-state index >= 15 is 0 Å². The van der Waals surface area contributed by atoms with E-state index in [0.717, 1.165) is 0 Å². The molecule has 0 aliphatic rings. The Hall–Kier alpha value is -1.12. The van der Waals surface area contributed by atoms with E-state index in [2.05, 4.69) is 0 Å². The maximum Gasteiger partial charge on any atom is 0.267 e. The minimum Gasteiger partial charge on any atom is -0.507 e. The number of alkyl halides is 2. The van der Waals surface area contributed by atoms with Crippen molar-refractivity contribution in [3.8, 4) is 5.75 Å². The van der Waals surface area contributed by atoms with Gasteiger partial charge in [0.25, 0.3) is 6.43 Å². The molecule has 0 fully saturated rings. The van der Waals surface area contributed by atoms with E-state index in [1.54, 1.807) is 6.07 Å². The first-order chi connectivity index (χ1) is 6.04. The van der Waals surface area contributed by atoms with Gasteiger partial charge in [-0.05, 0) is 17.5 Å². The van der Waals surface area contributed by atoms with Gasteiger partial charge in [0.1, 0.15) is 5.75 Å². The van der Waals surface area contributed by atoms with Crippen LogP contribution in [0.2, 0.25) is 0 Å². The molecule has 0 aliphatic carbocycles. The molecule has 13 heavy (non-hydrogen) atoms. The molecule has 0 aromatic heterocycles. The van der Waals surface area contributed by atoms with E-state index in [9.17, 15) is 13.9 Å². The largest absolute Gasteiger partial charge is 0.507 e. The predicted octanol–water partition coefficient (Wildman–Crippen LogP) is 3.45. The lowest BCUT2D eigenvalue weighted by atomic mass is 9.99. The summed E-state index contributed by atoms with van der Waals surface area (Å²) in [4.78, 5) is 0. The van der Waals surface area contributed by atoms with Crippen molar-refractivity contribution >= 4 is 0 Å². The summed E-state index contributed by atoms with van der Waals surface area (Å²) in [6.45, 7) is 3.70. The molecular weight excluding hydrogens is 174 g/mol. The van der Waals surface area contributed by atoms with Crippen molar-refractivity contribution in [2.45, 2.75) is 26.2 Å². The van der Waals surface area contributed by atoms with Gasteiger partial charge in [0.2, 0.25) is 0 Å². The highest BCUT2D eigenvalue weighted by Crippen LogP contribution is 2.34. The van der Waals surface area contributed by atoms with Crippen LogP contribution in [0.3, 0.4) is 0 Å². The fraction of sp³-hybridized carbons (Fsp3) is 0.400. The van der Waals surface area contributed by atoms with Crippen LogP contribution in [-0.4, -0.2) is 5.11 Å². The molecule has 0 radical (unpaired) electrons. The Morgan fingerprint density at radius 3 is 2.15 bits per heavy atom. The highest BCUT2D eigenvalue weighted by Gasteiger charge is 2.16. The first-order valence-electron chi connectivity index (χ1n) is 4.14. The molecule has 0 bridgehead atoms. The molecular formula is C10H12F2O. The quantitative estimate of drug-likeness (QED) is 0.749. The number of phenols is 1. The molecule has 0 saturated carbocycles. The van der Waals surface area contributed by atoms with Gasteiger partial charge in [-0.2, -0.15) is 0 Å². The van der Waals surface area contributed by atoms with Crippen molar-refractivity contribution in [1.29, 1.82) is 0 Å². The molecule has 0 atom stereocenters. The average Bonchev–Trinajstić information content (AvgIpc) is 2.03. The van der Waals surface area contributed by atoms with Crippen LogP contribution in [-0.2, 0) is 0 Å². The molecule has 72 valence electrons. The number of hydrogen-bond acceptors (Lipinski definition) is 1. The molecule has 1 aromatic rings. The number of para-hydroxylation sites is 1. The maximum absolute atomic E-state index is 12.3. The van der Waals surface area contributed by atoms with Crippen LogP contribution >= 0.6 is 0 Å². The van der Waals surface area contributed by atoms with Gasteiger partial charge < -0.3 is 5.11 Å². The first kappa shape index (κ1) is 9.96. The highest BCUT2D eigenvalue weighted by atomic mass is 19.3. The van der Waals surface area contributed by atoms with E-state index < -0.39 is 6.43 Å². The van der Waals surface area contributed by atoms with Crippen molar-refractivity contribution in [3.05, 3.63) is 29.3 Å². The average molecular weight is 186 g/mol. The highest BCUT2D eigenvalue weighted by molar-refractivity contribution is 5.42. The fourth-order valence-electron chi connectivity index (χ4n) is 1.22. The Bertz CT molecular complexity index is 269. The first-order valence-corrected chi connectivity index (χ1v) is 4.14. The van der Waals surface area contributed by atoms with Gasteiger partial charge in [-0.3, -0.25) is 0 Å².